The summed E-state index contributed by atoms with van der Waals surface area (Å²) in [6.07, 6.45) is 0. The number of fused-ring (bicyclic) bond motifs is 1. The predicted octanol–water partition coefficient (Wildman–Crippen LogP) is 3.52. The average molecular weight is 385 g/mol. The molecule has 6 nitrogen and oxygen atoms in total. The van der Waals surface area contributed by atoms with Gasteiger partial charge in [-0.25, -0.2) is 4.98 Å². The fraction of sp³-hybridized carbons (Fsp3) is 0.300. The van der Waals surface area contributed by atoms with Gasteiger partial charge in [-0.05, 0) is 38.4 Å². The van der Waals surface area contributed by atoms with Gasteiger partial charge >= 0.3 is 0 Å². The molecule has 0 aliphatic carbocycles. The van der Waals surface area contributed by atoms with Crippen LogP contribution in [0.5, 0.6) is 11.5 Å². The van der Waals surface area contributed by atoms with Gasteiger partial charge in [0, 0.05) is 19.2 Å². The van der Waals surface area contributed by atoms with E-state index in [1.807, 2.05) is 43.3 Å². The Hall–Kier alpha value is -2.64. The molecule has 1 aromatic heterocycles. The van der Waals surface area contributed by atoms with E-state index in [0.29, 0.717) is 28.7 Å². The molecule has 3 rings (SSSR count). The number of hydrogen-bond donors (Lipinski definition) is 0. The quantitative estimate of drug-likeness (QED) is 0.623. The second-order valence-electron chi connectivity index (χ2n) is 6.29. The van der Waals surface area contributed by atoms with Crippen molar-refractivity contribution in [3.63, 3.8) is 0 Å². The zero-order valence-electron chi connectivity index (χ0n) is 15.9. The number of para-hydroxylation sites is 1. The van der Waals surface area contributed by atoms with Crippen LogP contribution in [0.1, 0.15) is 10.4 Å². The molecule has 7 heteroatoms. The fourth-order valence-corrected chi connectivity index (χ4v) is 3.67. The van der Waals surface area contributed by atoms with Crippen LogP contribution < -0.4 is 14.4 Å². The smallest absolute Gasteiger partial charge is 0.263 e. The maximum absolute atomic E-state index is 13.4. The van der Waals surface area contributed by atoms with Crippen LogP contribution in [0.3, 0.4) is 0 Å². The number of anilines is 1. The van der Waals surface area contributed by atoms with E-state index < -0.39 is 0 Å². The van der Waals surface area contributed by atoms with E-state index >= 15 is 0 Å². The van der Waals surface area contributed by atoms with E-state index in [-0.39, 0.29) is 5.91 Å². The van der Waals surface area contributed by atoms with Gasteiger partial charge in [-0.3, -0.25) is 9.69 Å². The maximum atomic E-state index is 13.4. The van der Waals surface area contributed by atoms with E-state index in [9.17, 15) is 4.79 Å². The largest absolute Gasteiger partial charge is 0.497 e. The molecule has 0 radical (unpaired) electrons. The number of hydrogen-bond acceptors (Lipinski definition) is 6. The number of methoxy groups -OCH3 is 2. The molecule has 0 saturated heterocycles. The second kappa shape index (κ2) is 8.37. The highest BCUT2D eigenvalue weighted by Gasteiger charge is 2.24. The molecule has 0 unspecified atom stereocenters. The van der Waals surface area contributed by atoms with Gasteiger partial charge in [0.1, 0.15) is 11.5 Å². The molecule has 1 amide bonds. The number of nitrogens with zero attached hydrogens (tertiary/aromatic N) is 3. The van der Waals surface area contributed by atoms with Crippen LogP contribution in [0.2, 0.25) is 0 Å². The number of benzene rings is 2. The number of thiazole rings is 1. The summed E-state index contributed by atoms with van der Waals surface area (Å²) >= 11 is 1.51. The zero-order valence-corrected chi connectivity index (χ0v) is 16.7. The van der Waals surface area contributed by atoms with Crippen LogP contribution in [0.15, 0.2) is 42.5 Å². The Morgan fingerprint density at radius 1 is 1.07 bits per heavy atom. The van der Waals surface area contributed by atoms with Gasteiger partial charge in [-0.1, -0.05) is 23.5 Å². The SMILES string of the molecule is COc1ccc(C(=O)N(CCN(C)C)c2nc3ccccc3s2)c(OC)c1. The Morgan fingerprint density at radius 2 is 1.85 bits per heavy atom. The molecule has 0 fully saturated rings. The highest BCUT2D eigenvalue weighted by atomic mass is 32.1. The minimum absolute atomic E-state index is 0.143. The summed E-state index contributed by atoms with van der Waals surface area (Å²) in [5.74, 6) is 0.981. The van der Waals surface area contributed by atoms with Gasteiger partial charge in [-0.2, -0.15) is 0 Å². The molecular weight excluding hydrogens is 362 g/mol. The Kier molecular flexibility index (Phi) is 5.93. The molecule has 2 aromatic carbocycles. The molecule has 3 aromatic rings. The number of amides is 1. The number of carbonyl (C=O) groups is 1. The average Bonchev–Trinajstić information content (AvgIpc) is 3.10. The first-order chi connectivity index (χ1) is 13.0. The van der Waals surface area contributed by atoms with Crippen molar-refractivity contribution in [2.75, 3.05) is 46.3 Å². The third-order valence-corrected chi connectivity index (χ3v) is 5.23. The van der Waals surface area contributed by atoms with Crippen LogP contribution in [0, 0.1) is 0 Å². The van der Waals surface area contributed by atoms with Crippen LogP contribution in [0.25, 0.3) is 10.2 Å². The molecule has 1 heterocycles. The molecule has 0 aliphatic heterocycles. The van der Waals surface area contributed by atoms with Gasteiger partial charge in [0.05, 0.1) is 30.0 Å². The lowest BCUT2D eigenvalue weighted by Gasteiger charge is -2.23. The summed E-state index contributed by atoms with van der Waals surface area (Å²) in [4.78, 5) is 21.8. The Balaban J connectivity index is 2.00. The molecule has 27 heavy (non-hydrogen) atoms. The minimum Gasteiger partial charge on any atom is -0.497 e. The molecule has 0 bridgehead atoms. The number of likely N-dealkylation sites (N-methyl/N-ethyl adjacent to an activating group) is 1. The van der Waals surface area contributed by atoms with Crippen molar-refractivity contribution >= 4 is 32.6 Å². The van der Waals surface area contributed by atoms with Gasteiger partial charge < -0.3 is 14.4 Å². The second-order valence-corrected chi connectivity index (χ2v) is 7.30. The van der Waals surface area contributed by atoms with E-state index in [0.717, 1.165) is 16.8 Å². The summed E-state index contributed by atoms with van der Waals surface area (Å²) in [5.41, 5.74) is 1.37. The number of aromatic nitrogens is 1. The maximum Gasteiger partial charge on any atom is 0.263 e. The first kappa shape index (κ1) is 19.1. The van der Waals surface area contributed by atoms with E-state index in [4.69, 9.17) is 9.47 Å². The van der Waals surface area contributed by atoms with Crippen LogP contribution >= 0.6 is 11.3 Å². The van der Waals surface area contributed by atoms with Crippen molar-refractivity contribution in [1.82, 2.24) is 9.88 Å². The third kappa shape index (κ3) is 4.20. The third-order valence-electron chi connectivity index (χ3n) is 4.17. The number of carbonyl (C=O) groups excluding carboxylic acids is 1. The van der Waals surface area contributed by atoms with Gasteiger partial charge in [0.2, 0.25) is 0 Å². The predicted molar refractivity (Wildman–Crippen MR) is 109 cm³/mol. The fourth-order valence-electron chi connectivity index (χ4n) is 2.68. The molecule has 0 saturated carbocycles. The lowest BCUT2D eigenvalue weighted by atomic mass is 10.1. The van der Waals surface area contributed by atoms with Crippen LogP contribution in [-0.2, 0) is 0 Å². The first-order valence-corrected chi connectivity index (χ1v) is 9.39. The lowest BCUT2D eigenvalue weighted by Crippen LogP contribution is -2.37. The summed E-state index contributed by atoms with van der Waals surface area (Å²) < 4.78 is 11.7. The van der Waals surface area contributed by atoms with Crippen molar-refractivity contribution in [3.05, 3.63) is 48.0 Å². The normalized spacial score (nSPS) is 11.0. The number of ether oxygens (including phenoxy) is 2. The molecule has 0 aliphatic rings. The molecule has 0 N–H and O–H groups in total. The van der Waals surface area contributed by atoms with Crippen molar-refractivity contribution in [1.29, 1.82) is 0 Å². The first-order valence-electron chi connectivity index (χ1n) is 8.57. The standard InChI is InChI=1S/C20H23N3O3S/c1-22(2)11-12-23(20-21-16-7-5-6-8-18(16)27-20)19(24)15-10-9-14(25-3)13-17(15)26-4/h5-10,13H,11-12H2,1-4H3. The van der Waals surface area contributed by atoms with E-state index in [1.54, 1.807) is 37.3 Å². The zero-order chi connectivity index (χ0) is 19.4. The van der Waals surface area contributed by atoms with Gasteiger partial charge in [0.15, 0.2) is 5.13 Å². The van der Waals surface area contributed by atoms with Crippen LogP contribution in [0.4, 0.5) is 5.13 Å². The van der Waals surface area contributed by atoms with Crippen molar-refractivity contribution in [3.8, 4) is 11.5 Å². The summed E-state index contributed by atoms with van der Waals surface area (Å²) in [6, 6.07) is 13.1. The molecule has 0 spiro atoms. The minimum atomic E-state index is -0.143. The monoisotopic (exact) mass is 385 g/mol. The topological polar surface area (TPSA) is 54.9 Å². The Morgan fingerprint density at radius 3 is 2.52 bits per heavy atom. The van der Waals surface area contributed by atoms with Gasteiger partial charge in [0.25, 0.3) is 5.91 Å². The lowest BCUT2D eigenvalue weighted by molar-refractivity contribution is 0.0982. The van der Waals surface area contributed by atoms with Crippen LogP contribution in [-0.4, -0.2) is 57.2 Å². The van der Waals surface area contributed by atoms with E-state index in [2.05, 4.69) is 4.98 Å². The van der Waals surface area contributed by atoms with E-state index in [1.165, 1.54) is 11.3 Å². The highest BCUT2D eigenvalue weighted by molar-refractivity contribution is 7.22. The summed E-state index contributed by atoms with van der Waals surface area (Å²) in [7, 11) is 7.10. The molecule has 0 atom stereocenters. The van der Waals surface area contributed by atoms with Crippen molar-refractivity contribution in [2.24, 2.45) is 0 Å². The summed E-state index contributed by atoms with van der Waals surface area (Å²) in [6.45, 7) is 1.25. The molecular formula is C20H23N3O3S. The molecule has 142 valence electrons. The number of rotatable bonds is 7. The van der Waals surface area contributed by atoms with Crippen molar-refractivity contribution < 1.29 is 14.3 Å². The van der Waals surface area contributed by atoms with Crippen molar-refractivity contribution in [2.45, 2.75) is 0 Å². The Labute approximate surface area is 162 Å². The Bertz CT molecular complexity index is 906. The highest BCUT2D eigenvalue weighted by Crippen LogP contribution is 2.32. The summed E-state index contributed by atoms with van der Waals surface area (Å²) in [5, 5.41) is 0.681. The van der Waals surface area contributed by atoms with Gasteiger partial charge in [-0.15, -0.1) is 0 Å².